The molecule has 0 saturated heterocycles. The van der Waals surface area contributed by atoms with Crippen molar-refractivity contribution in [3.8, 4) is 0 Å². The third kappa shape index (κ3) is 4.94. The average molecular weight is 368 g/mol. The standard InChI is InChI=1S/C15H19F3O5S/c1-14(2,3)11-6-4-10(5-7-11)13(19)23-9-8-12(16)15(17,18)24(20,21)22/h4-7,12H,8-9H2,1-3H3,(H,20,21,22). The smallest absolute Gasteiger partial charge is 0.400 e. The summed E-state index contributed by atoms with van der Waals surface area (Å²) in [6, 6.07) is 6.40. The Bertz CT molecular complexity index is 678. The molecule has 1 unspecified atom stereocenters. The van der Waals surface area contributed by atoms with E-state index in [1.807, 2.05) is 20.8 Å². The first-order chi connectivity index (χ1) is 10.8. The number of esters is 1. The Morgan fingerprint density at radius 1 is 1.21 bits per heavy atom. The highest BCUT2D eigenvalue weighted by atomic mass is 32.2. The largest absolute Gasteiger partial charge is 0.462 e. The molecule has 0 fully saturated rings. The van der Waals surface area contributed by atoms with Crippen molar-refractivity contribution in [2.24, 2.45) is 0 Å². The zero-order chi connectivity index (χ0) is 18.8. The lowest BCUT2D eigenvalue weighted by atomic mass is 9.87. The van der Waals surface area contributed by atoms with Crippen LogP contribution in [0.3, 0.4) is 0 Å². The predicted octanol–water partition coefficient (Wildman–Crippen LogP) is 3.35. The Kier molecular flexibility index (Phi) is 6.05. The highest BCUT2D eigenvalue weighted by Crippen LogP contribution is 2.29. The molecule has 0 radical (unpaired) electrons. The Morgan fingerprint density at radius 3 is 2.12 bits per heavy atom. The topological polar surface area (TPSA) is 80.7 Å². The van der Waals surface area contributed by atoms with E-state index in [1.165, 1.54) is 12.1 Å². The second-order valence-electron chi connectivity index (χ2n) is 6.26. The van der Waals surface area contributed by atoms with Gasteiger partial charge in [-0.15, -0.1) is 0 Å². The molecular formula is C15H19F3O5S. The third-order valence-corrected chi connectivity index (χ3v) is 4.24. The van der Waals surface area contributed by atoms with Crippen molar-refractivity contribution in [3.63, 3.8) is 0 Å². The average Bonchev–Trinajstić information content (AvgIpc) is 2.45. The molecule has 0 aromatic heterocycles. The summed E-state index contributed by atoms with van der Waals surface area (Å²) in [7, 11) is -5.87. The monoisotopic (exact) mass is 368 g/mol. The van der Waals surface area contributed by atoms with E-state index in [0.717, 1.165) is 5.56 Å². The molecule has 0 spiro atoms. The number of ether oxygens (including phenoxy) is 1. The molecule has 0 saturated carbocycles. The van der Waals surface area contributed by atoms with Crippen LogP contribution < -0.4 is 0 Å². The molecule has 1 N–H and O–H groups in total. The Hall–Kier alpha value is -1.61. The van der Waals surface area contributed by atoms with Gasteiger partial charge in [-0.2, -0.15) is 17.2 Å². The van der Waals surface area contributed by atoms with Crippen LogP contribution in [0.5, 0.6) is 0 Å². The van der Waals surface area contributed by atoms with Gasteiger partial charge in [0.25, 0.3) is 0 Å². The predicted molar refractivity (Wildman–Crippen MR) is 81.4 cm³/mol. The van der Waals surface area contributed by atoms with Gasteiger partial charge in [0.15, 0.2) is 6.17 Å². The number of benzene rings is 1. The van der Waals surface area contributed by atoms with E-state index in [-0.39, 0.29) is 11.0 Å². The first-order valence-electron chi connectivity index (χ1n) is 7.03. The van der Waals surface area contributed by atoms with Crippen LogP contribution in [-0.2, 0) is 20.3 Å². The molecule has 136 valence electrons. The van der Waals surface area contributed by atoms with Crippen LogP contribution >= 0.6 is 0 Å². The van der Waals surface area contributed by atoms with Crippen LogP contribution in [0.25, 0.3) is 0 Å². The normalized spacial score (nSPS) is 14.3. The molecule has 0 heterocycles. The lowest BCUT2D eigenvalue weighted by Crippen LogP contribution is -2.39. The maximum Gasteiger partial charge on any atom is 0.400 e. The molecule has 0 aliphatic carbocycles. The fourth-order valence-electron chi connectivity index (χ4n) is 1.77. The minimum Gasteiger partial charge on any atom is -0.462 e. The van der Waals surface area contributed by atoms with Crippen molar-refractivity contribution < 1.29 is 35.7 Å². The Labute approximate surface area is 138 Å². The minimum absolute atomic E-state index is 0.120. The van der Waals surface area contributed by atoms with Gasteiger partial charge in [-0.05, 0) is 23.1 Å². The maximum atomic E-state index is 13.2. The van der Waals surface area contributed by atoms with Crippen LogP contribution in [0, 0.1) is 0 Å². The van der Waals surface area contributed by atoms with Crippen molar-refractivity contribution in [2.45, 2.75) is 44.0 Å². The van der Waals surface area contributed by atoms with Gasteiger partial charge in [-0.25, -0.2) is 9.18 Å². The molecule has 1 aromatic carbocycles. The summed E-state index contributed by atoms with van der Waals surface area (Å²) in [5, 5.41) is -4.95. The van der Waals surface area contributed by atoms with Crippen molar-refractivity contribution in [3.05, 3.63) is 35.4 Å². The lowest BCUT2D eigenvalue weighted by Gasteiger charge is -2.19. The van der Waals surface area contributed by atoms with Gasteiger partial charge >= 0.3 is 21.3 Å². The van der Waals surface area contributed by atoms with E-state index in [1.54, 1.807) is 12.1 Å². The third-order valence-electron chi connectivity index (χ3n) is 3.30. The van der Waals surface area contributed by atoms with Crippen molar-refractivity contribution in [2.75, 3.05) is 6.61 Å². The summed E-state index contributed by atoms with van der Waals surface area (Å²) in [5.74, 6) is -0.849. The number of hydrogen-bond acceptors (Lipinski definition) is 4. The van der Waals surface area contributed by atoms with E-state index >= 15 is 0 Å². The molecule has 0 bridgehead atoms. The molecule has 5 nitrogen and oxygen atoms in total. The van der Waals surface area contributed by atoms with E-state index in [2.05, 4.69) is 4.74 Å². The summed E-state index contributed by atoms with van der Waals surface area (Å²) < 4.78 is 72.9. The number of rotatable bonds is 6. The van der Waals surface area contributed by atoms with Crippen molar-refractivity contribution in [1.29, 1.82) is 0 Å². The van der Waals surface area contributed by atoms with E-state index < -0.39 is 40.5 Å². The SMILES string of the molecule is CC(C)(C)c1ccc(C(=O)OCCC(F)C(F)(F)S(=O)(=O)O)cc1. The van der Waals surface area contributed by atoms with E-state index in [4.69, 9.17) is 4.55 Å². The molecule has 9 heteroatoms. The maximum absolute atomic E-state index is 13.2. The van der Waals surface area contributed by atoms with Gasteiger partial charge in [0, 0.05) is 6.42 Å². The summed E-state index contributed by atoms with van der Waals surface area (Å²) in [6.07, 6.45) is -4.26. The van der Waals surface area contributed by atoms with Gasteiger partial charge in [-0.1, -0.05) is 32.9 Å². The van der Waals surface area contributed by atoms with Crippen LogP contribution in [0.15, 0.2) is 24.3 Å². The first kappa shape index (κ1) is 20.4. The zero-order valence-corrected chi connectivity index (χ0v) is 14.2. The molecule has 1 rings (SSSR count). The van der Waals surface area contributed by atoms with Crippen molar-refractivity contribution >= 4 is 16.1 Å². The molecule has 24 heavy (non-hydrogen) atoms. The van der Waals surface area contributed by atoms with Crippen LogP contribution in [-0.4, -0.2) is 37.0 Å². The molecular weight excluding hydrogens is 349 g/mol. The van der Waals surface area contributed by atoms with Crippen LogP contribution in [0.4, 0.5) is 13.2 Å². The summed E-state index contributed by atoms with van der Waals surface area (Å²) >= 11 is 0. The fraction of sp³-hybridized carbons (Fsp3) is 0.533. The lowest BCUT2D eigenvalue weighted by molar-refractivity contribution is -0.0163. The quantitative estimate of drug-likeness (QED) is 0.615. The highest BCUT2D eigenvalue weighted by Gasteiger charge is 2.52. The van der Waals surface area contributed by atoms with Gasteiger partial charge in [0.1, 0.15) is 0 Å². The number of hydrogen-bond donors (Lipinski definition) is 1. The molecule has 1 atom stereocenters. The van der Waals surface area contributed by atoms with E-state index in [9.17, 15) is 26.4 Å². The van der Waals surface area contributed by atoms with E-state index in [0.29, 0.717) is 0 Å². The number of alkyl halides is 3. The summed E-state index contributed by atoms with van der Waals surface area (Å²) in [5.41, 5.74) is 1.00. The van der Waals surface area contributed by atoms with Crippen LogP contribution in [0.2, 0.25) is 0 Å². The fourth-order valence-corrected chi connectivity index (χ4v) is 2.22. The number of halogens is 3. The zero-order valence-electron chi connectivity index (χ0n) is 13.4. The number of carbonyl (C=O) groups is 1. The summed E-state index contributed by atoms with van der Waals surface area (Å²) in [4.78, 5) is 11.7. The molecule has 0 amide bonds. The van der Waals surface area contributed by atoms with Crippen molar-refractivity contribution in [1.82, 2.24) is 0 Å². The van der Waals surface area contributed by atoms with Gasteiger partial charge in [-0.3, -0.25) is 4.55 Å². The summed E-state index contributed by atoms with van der Waals surface area (Å²) in [6.45, 7) is 5.19. The minimum atomic E-state index is -5.87. The van der Waals surface area contributed by atoms with Crippen LogP contribution in [0.1, 0.15) is 43.1 Å². The molecule has 1 aromatic rings. The first-order valence-corrected chi connectivity index (χ1v) is 8.47. The number of carbonyl (C=O) groups excluding carboxylic acids is 1. The second-order valence-corrected chi connectivity index (χ2v) is 7.75. The van der Waals surface area contributed by atoms with Gasteiger partial charge in [0.2, 0.25) is 0 Å². The molecule has 0 aliphatic rings. The second kappa shape index (κ2) is 7.10. The highest BCUT2D eigenvalue weighted by molar-refractivity contribution is 7.86. The Balaban J connectivity index is 2.61. The van der Waals surface area contributed by atoms with Gasteiger partial charge in [0.05, 0.1) is 12.2 Å². The van der Waals surface area contributed by atoms with Gasteiger partial charge < -0.3 is 4.74 Å². The molecule has 0 aliphatic heterocycles. The Morgan fingerprint density at radius 2 is 1.71 bits per heavy atom.